The molecule has 1 atom stereocenters. The highest BCUT2D eigenvalue weighted by molar-refractivity contribution is 7.98. The highest BCUT2D eigenvalue weighted by Gasteiger charge is 2.35. The van der Waals surface area contributed by atoms with Crippen LogP contribution in [0.1, 0.15) is 28.6 Å². The molecule has 2 amide bonds. The Bertz CT molecular complexity index is 988. The van der Waals surface area contributed by atoms with E-state index in [0.717, 1.165) is 10.6 Å². The molecule has 8 heteroatoms. The second-order valence-corrected chi connectivity index (χ2v) is 7.25. The number of carbonyl (C=O) groups excluding carboxylic acids is 2. The van der Waals surface area contributed by atoms with Crippen molar-refractivity contribution >= 4 is 35.3 Å². The van der Waals surface area contributed by atoms with Crippen LogP contribution in [0.3, 0.4) is 0 Å². The maximum Gasteiger partial charge on any atom is 0.322 e. The fraction of sp³-hybridized carbons (Fsp3) is 0.200. The number of aromatic nitrogens is 2. The van der Waals surface area contributed by atoms with Gasteiger partial charge in [0, 0.05) is 29.1 Å². The molecule has 1 aromatic heterocycles. The van der Waals surface area contributed by atoms with Crippen LogP contribution in [0.4, 0.5) is 11.7 Å². The Morgan fingerprint density at radius 2 is 1.89 bits per heavy atom. The SMILES string of the molecule is CSc1ccc(N2C[C@@H](c3nnc(NC(=O)c4ccccc4)o3)CC2=O)cc1. The first-order chi connectivity index (χ1) is 13.6. The summed E-state index contributed by atoms with van der Waals surface area (Å²) in [6, 6.07) is 16.7. The molecule has 1 aliphatic heterocycles. The zero-order valence-corrected chi connectivity index (χ0v) is 16.0. The van der Waals surface area contributed by atoms with Crippen LogP contribution >= 0.6 is 11.8 Å². The summed E-state index contributed by atoms with van der Waals surface area (Å²) >= 11 is 1.65. The Labute approximate surface area is 166 Å². The van der Waals surface area contributed by atoms with E-state index in [0.29, 0.717) is 24.4 Å². The molecule has 1 saturated heterocycles. The van der Waals surface area contributed by atoms with E-state index in [1.165, 1.54) is 0 Å². The first kappa shape index (κ1) is 18.2. The molecule has 7 nitrogen and oxygen atoms in total. The van der Waals surface area contributed by atoms with Crippen LogP contribution in [-0.4, -0.2) is 34.8 Å². The summed E-state index contributed by atoms with van der Waals surface area (Å²) in [5.41, 5.74) is 1.35. The first-order valence-corrected chi connectivity index (χ1v) is 10.0. The molecule has 0 radical (unpaired) electrons. The predicted octanol–water partition coefficient (Wildman–Crippen LogP) is 3.56. The number of nitrogens with zero attached hydrogens (tertiary/aromatic N) is 3. The number of benzene rings is 2. The summed E-state index contributed by atoms with van der Waals surface area (Å²) in [4.78, 5) is 27.5. The molecular weight excluding hydrogens is 376 g/mol. The summed E-state index contributed by atoms with van der Waals surface area (Å²) in [6.07, 6.45) is 2.30. The fourth-order valence-electron chi connectivity index (χ4n) is 3.09. The Kier molecular flexibility index (Phi) is 5.12. The lowest BCUT2D eigenvalue weighted by molar-refractivity contribution is -0.117. The summed E-state index contributed by atoms with van der Waals surface area (Å²) < 4.78 is 5.59. The molecular formula is C20H18N4O3S. The standard InChI is InChI=1S/C20H18N4O3S/c1-28-16-9-7-15(8-10-16)24-12-14(11-17(24)25)19-22-23-20(27-19)21-18(26)13-5-3-2-4-6-13/h2-10,14H,11-12H2,1H3,(H,21,23,26)/t14-/m0/s1. The molecule has 1 N–H and O–H groups in total. The fourth-order valence-corrected chi connectivity index (χ4v) is 3.50. The summed E-state index contributed by atoms with van der Waals surface area (Å²) in [5, 5.41) is 10.5. The van der Waals surface area contributed by atoms with Gasteiger partial charge in [-0.05, 0) is 42.7 Å². The quantitative estimate of drug-likeness (QED) is 0.666. The van der Waals surface area contributed by atoms with Gasteiger partial charge in [0.15, 0.2) is 0 Å². The van der Waals surface area contributed by atoms with Crippen molar-refractivity contribution in [2.75, 3.05) is 23.0 Å². The average Bonchev–Trinajstić information content (AvgIpc) is 3.35. The van der Waals surface area contributed by atoms with Crippen LogP contribution in [-0.2, 0) is 4.79 Å². The third-order valence-electron chi connectivity index (χ3n) is 4.56. The molecule has 142 valence electrons. The van der Waals surface area contributed by atoms with Gasteiger partial charge in [-0.15, -0.1) is 16.9 Å². The van der Waals surface area contributed by atoms with E-state index >= 15 is 0 Å². The molecule has 0 unspecified atom stereocenters. The van der Waals surface area contributed by atoms with Crippen molar-refractivity contribution in [2.45, 2.75) is 17.2 Å². The lowest BCUT2D eigenvalue weighted by atomic mass is 10.1. The van der Waals surface area contributed by atoms with Crippen molar-refractivity contribution in [3.63, 3.8) is 0 Å². The van der Waals surface area contributed by atoms with Crippen LogP contribution in [0, 0.1) is 0 Å². The number of carbonyl (C=O) groups is 2. The van der Waals surface area contributed by atoms with Gasteiger partial charge in [-0.3, -0.25) is 14.9 Å². The molecule has 4 rings (SSSR count). The van der Waals surface area contributed by atoms with Crippen molar-refractivity contribution in [1.82, 2.24) is 10.2 Å². The van der Waals surface area contributed by atoms with Gasteiger partial charge in [0.2, 0.25) is 11.8 Å². The normalized spacial score (nSPS) is 16.4. The number of rotatable bonds is 5. The van der Waals surface area contributed by atoms with Crippen molar-refractivity contribution in [3.05, 3.63) is 66.1 Å². The number of thioether (sulfide) groups is 1. The van der Waals surface area contributed by atoms with Gasteiger partial charge in [0.05, 0.1) is 5.92 Å². The van der Waals surface area contributed by atoms with Crippen LogP contribution < -0.4 is 10.2 Å². The van der Waals surface area contributed by atoms with E-state index in [9.17, 15) is 9.59 Å². The smallest absolute Gasteiger partial charge is 0.322 e. The van der Waals surface area contributed by atoms with E-state index < -0.39 is 0 Å². The molecule has 3 aromatic rings. The topological polar surface area (TPSA) is 88.3 Å². The molecule has 2 heterocycles. The molecule has 0 spiro atoms. The van der Waals surface area contributed by atoms with Crippen molar-refractivity contribution < 1.29 is 14.0 Å². The van der Waals surface area contributed by atoms with Crippen LogP contribution in [0.15, 0.2) is 63.9 Å². The minimum absolute atomic E-state index is 0.00923. The molecule has 1 aliphatic rings. The molecule has 0 aliphatic carbocycles. The molecule has 0 bridgehead atoms. The third-order valence-corrected chi connectivity index (χ3v) is 5.30. The zero-order valence-electron chi connectivity index (χ0n) is 15.2. The lowest BCUT2D eigenvalue weighted by Crippen LogP contribution is -2.24. The Morgan fingerprint density at radius 1 is 1.14 bits per heavy atom. The largest absolute Gasteiger partial charge is 0.407 e. The lowest BCUT2D eigenvalue weighted by Gasteiger charge is -2.16. The van der Waals surface area contributed by atoms with E-state index in [4.69, 9.17) is 4.42 Å². The number of hydrogen-bond donors (Lipinski definition) is 1. The number of anilines is 2. The van der Waals surface area contributed by atoms with Crippen LogP contribution in [0.25, 0.3) is 0 Å². The van der Waals surface area contributed by atoms with Crippen molar-refractivity contribution in [1.29, 1.82) is 0 Å². The van der Waals surface area contributed by atoms with Crippen molar-refractivity contribution in [2.24, 2.45) is 0 Å². The van der Waals surface area contributed by atoms with Gasteiger partial charge >= 0.3 is 6.01 Å². The number of hydrogen-bond acceptors (Lipinski definition) is 6. The molecule has 2 aromatic carbocycles. The van der Waals surface area contributed by atoms with Gasteiger partial charge in [-0.25, -0.2) is 0 Å². The summed E-state index contributed by atoms with van der Waals surface area (Å²) in [6.45, 7) is 0.464. The number of amides is 2. The Morgan fingerprint density at radius 3 is 2.61 bits per heavy atom. The highest BCUT2D eigenvalue weighted by atomic mass is 32.2. The maximum atomic E-state index is 12.4. The highest BCUT2D eigenvalue weighted by Crippen LogP contribution is 2.32. The van der Waals surface area contributed by atoms with Gasteiger partial charge in [-0.2, -0.15) is 0 Å². The van der Waals surface area contributed by atoms with E-state index in [2.05, 4.69) is 15.5 Å². The molecule has 28 heavy (non-hydrogen) atoms. The van der Waals surface area contributed by atoms with E-state index in [1.54, 1.807) is 40.9 Å². The van der Waals surface area contributed by atoms with Crippen LogP contribution in [0.2, 0.25) is 0 Å². The summed E-state index contributed by atoms with van der Waals surface area (Å²) in [5.74, 6) is -0.175. The average molecular weight is 394 g/mol. The van der Waals surface area contributed by atoms with Crippen molar-refractivity contribution in [3.8, 4) is 0 Å². The van der Waals surface area contributed by atoms with Gasteiger partial charge in [0.25, 0.3) is 5.91 Å². The molecule has 0 saturated carbocycles. The maximum absolute atomic E-state index is 12.4. The van der Waals surface area contributed by atoms with Gasteiger partial charge < -0.3 is 9.32 Å². The van der Waals surface area contributed by atoms with Gasteiger partial charge in [0.1, 0.15) is 0 Å². The number of nitrogens with one attached hydrogen (secondary N) is 1. The molecule has 1 fully saturated rings. The van der Waals surface area contributed by atoms with Gasteiger partial charge in [-0.1, -0.05) is 23.3 Å². The Balaban J connectivity index is 1.44. The second-order valence-electron chi connectivity index (χ2n) is 6.37. The monoisotopic (exact) mass is 394 g/mol. The third kappa shape index (κ3) is 3.77. The Hall–Kier alpha value is -3.13. The minimum Gasteiger partial charge on any atom is -0.407 e. The predicted molar refractivity (Wildman–Crippen MR) is 107 cm³/mol. The van der Waals surface area contributed by atoms with Crippen LogP contribution in [0.5, 0.6) is 0 Å². The zero-order chi connectivity index (χ0) is 19.5. The summed E-state index contributed by atoms with van der Waals surface area (Å²) in [7, 11) is 0. The van der Waals surface area contributed by atoms with E-state index in [-0.39, 0.29) is 23.7 Å². The van der Waals surface area contributed by atoms with E-state index in [1.807, 2.05) is 36.6 Å². The minimum atomic E-state index is -0.325. The first-order valence-electron chi connectivity index (χ1n) is 8.78. The second kappa shape index (κ2) is 7.85.